The van der Waals surface area contributed by atoms with Crippen LogP contribution in [-0.2, 0) is 11.3 Å². The number of nitrogens with zero attached hydrogens (tertiary/aromatic N) is 1. The minimum absolute atomic E-state index is 0.0988. The molecule has 0 fully saturated rings. The monoisotopic (exact) mass is 255 g/mol. The molecular formula is C12H21N3OS. The van der Waals surface area contributed by atoms with Crippen molar-refractivity contribution in [3.05, 3.63) is 16.1 Å². The van der Waals surface area contributed by atoms with Crippen LogP contribution in [0.2, 0.25) is 0 Å². The SMILES string of the molecule is Cc1csc(CNC(=O)CCC(C)CCN)n1. The number of carbonyl (C=O) groups excluding carboxylic acids is 1. The summed E-state index contributed by atoms with van der Waals surface area (Å²) in [5.41, 5.74) is 6.48. The molecule has 1 aromatic heterocycles. The van der Waals surface area contributed by atoms with Crippen molar-refractivity contribution in [3.8, 4) is 0 Å². The molecule has 1 amide bonds. The zero-order valence-electron chi connectivity index (χ0n) is 10.5. The van der Waals surface area contributed by atoms with Gasteiger partial charge in [0.1, 0.15) is 5.01 Å². The Morgan fingerprint density at radius 3 is 2.94 bits per heavy atom. The van der Waals surface area contributed by atoms with E-state index in [0.29, 0.717) is 25.4 Å². The maximum Gasteiger partial charge on any atom is 0.220 e. The number of rotatable bonds is 7. The highest BCUT2D eigenvalue weighted by molar-refractivity contribution is 7.09. The molecule has 0 aliphatic heterocycles. The molecule has 0 aromatic carbocycles. The van der Waals surface area contributed by atoms with Gasteiger partial charge in [0.15, 0.2) is 0 Å². The summed E-state index contributed by atoms with van der Waals surface area (Å²) in [5, 5.41) is 5.84. The number of hydrogen-bond acceptors (Lipinski definition) is 4. The van der Waals surface area contributed by atoms with Gasteiger partial charge in [-0.05, 0) is 32.2 Å². The number of carbonyl (C=O) groups is 1. The van der Waals surface area contributed by atoms with Crippen LogP contribution in [0.4, 0.5) is 0 Å². The first-order valence-electron chi connectivity index (χ1n) is 5.99. The second kappa shape index (κ2) is 7.40. The number of nitrogens with one attached hydrogen (secondary N) is 1. The molecule has 1 heterocycles. The number of thiazole rings is 1. The summed E-state index contributed by atoms with van der Waals surface area (Å²) < 4.78 is 0. The Kier molecular flexibility index (Phi) is 6.15. The average Bonchev–Trinajstić information content (AvgIpc) is 2.70. The Balaban J connectivity index is 2.17. The fourth-order valence-corrected chi connectivity index (χ4v) is 2.26. The first-order valence-corrected chi connectivity index (χ1v) is 6.87. The molecule has 17 heavy (non-hydrogen) atoms. The average molecular weight is 255 g/mol. The van der Waals surface area contributed by atoms with Crippen LogP contribution in [0.15, 0.2) is 5.38 Å². The lowest BCUT2D eigenvalue weighted by Gasteiger charge is -2.09. The van der Waals surface area contributed by atoms with Gasteiger partial charge in [-0.3, -0.25) is 4.79 Å². The highest BCUT2D eigenvalue weighted by Crippen LogP contribution is 2.10. The summed E-state index contributed by atoms with van der Waals surface area (Å²) in [6, 6.07) is 0. The van der Waals surface area contributed by atoms with Crippen LogP contribution >= 0.6 is 11.3 Å². The summed E-state index contributed by atoms with van der Waals surface area (Å²) in [4.78, 5) is 15.9. The maximum atomic E-state index is 11.6. The molecule has 0 saturated carbocycles. The number of aromatic nitrogens is 1. The molecule has 1 rings (SSSR count). The minimum atomic E-state index is 0.0988. The lowest BCUT2D eigenvalue weighted by atomic mass is 10.0. The Labute approximate surface area is 107 Å². The predicted molar refractivity (Wildman–Crippen MR) is 70.8 cm³/mol. The van der Waals surface area contributed by atoms with Crippen LogP contribution in [0.3, 0.4) is 0 Å². The van der Waals surface area contributed by atoms with E-state index in [1.54, 1.807) is 11.3 Å². The molecule has 1 atom stereocenters. The molecule has 96 valence electrons. The summed E-state index contributed by atoms with van der Waals surface area (Å²) in [6.45, 7) is 5.32. The van der Waals surface area contributed by atoms with E-state index < -0.39 is 0 Å². The van der Waals surface area contributed by atoms with Gasteiger partial charge in [-0.15, -0.1) is 11.3 Å². The number of hydrogen-bond donors (Lipinski definition) is 2. The Morgan fingerprint density at radius 2 is 2.35 bits per heavy atom. The number of aryl methyl sites for hydroxylation is 1. The van der Waals surface area contributed by atoms with Crippen LogP contribution in [0.25, 0.3) is 0 Å². The molecule has 0 aliphatic rings. The Hall–Kier alpha value is -0.940. The quantitative estimate of drug-likeness (QED) is 0.781. The fourth-order valence-electron chi connectivity index (χ4n) is 1.55. The second-order valence-electron chi connectivity index (χ2n) is 4.38. The standard InChI is InChI=1S/C12H21N3OS/c1-9(5-6-13)3-4-11(16)14-7-12-15-10(2)8-17-12/h8-9H,3-7,13H2,1-2H3,(H,14,16). The zero-order chi connectivity index (χ0) is 12.7. The largest absolute Gasteiger partial charge is 0.350 e. The van der Waals surface area contributed by atoms with E-state index in [1.165, 1.54) is 0 Å². The molecule has 0 saturated heterocycles. The second-order valence-corrected chi connectivity index (χ2v) is 5.32. The van der Waals surface area contributed by atoms with Crippen molar-refractivity contribution in [1.82, 2.24) is 10.3 Å². The third kappa shape index (κ3) is 5.79. The summed E-state index contributed by atoms with van der Waals surface area (Å²) >= 11 is 1.58. The Bertz CT molecular complexity index is 351. The van der Waals surface area contributed by atoms with Crippen molar-refractivity contribution in [2.45, 2.75) is 39.7 Å². The third-order valence-electron chi connectivity index (χ3n) is 2.63. The van der Waals surface area contributed by atoms with Gasteiger partial charge in [-0.1, -0.05) is 6.92 Å². The molecule has 0 spiro atoms. The number of amides is 1. The molecule has 4 nitrogen and oxygen atoms in total. The molecule has 0 aliphatic carbocycles. The normalized spacial score (nSPS) is 12.4. The van der Waals surface area contributed by atoms with Crippen LogP contribution in [0.1, 0.15) is 36.9 Å². The fraction of sp³-hybridized carbons (Fsp3) is 0.667. The first kappa shape index (κ1) is 14.1. The van der Waals surface area contributed by atoms with Gasteiger partial charge < -0.3 is 11.1 Å². The first-order chi connectivity index (χ1) is 8.11. The van der Waals surface area contributed by atoms with Crippen molar-refractivity contribution in [1.29, 1.82) is 0 Å². The van der Waals surface area contributed by atoms with Gasteiger partial charge in [-0.2, -0.15) is 0 Å². The van der Waals surface area contributed by atoms with E-state index in [9.17, 15) is 4.79 Å². The predicted octanol–water partition coefficient (Wildman–Crippen LogP) is 1.83. The maximum absolute atomic E-state index is 11.6. The summed E-state index contributed by atoms with van der Waals surface area (Å²) in [7, 11) is 0. The van der Waals surface area contributed by atoms with Crippen molar-refractivity contribution in [3.63, 3.8) is 0 Å². The van der Waals surface area contributed by atoms with E-state index in [1.807, 2.05) is 12.3 Å². The van der Waals surface area contributed by atoms with E-state index in [0.717, 1.165) is 23.5 Å². The van der Waals surface area contributed by atoms with Crippen molar-refractivity contribution in [2.75, 3.05) is 6.54 Å². The van der Waals surface area contributed by atoms with Crippen LogP contribution < -0.4 is 11.1 Å². The van der Waals surface area contributed by atoms with E-state index in [4.69, 9.17) is 5.73 Å². The molecule has 1 aromatic rings. The zero-order valence-corrected chi connectivity index (χ0v) is 11.3. The topological polar surface area (TPSA) is 68.0 Å². The molecule has 0 radical (unpaired) electrons. The smallest absolute Gasteiger partial charge is 0.220 e. The van der Waals surface area contributed by atoms with Crippen molar-refractivity contribution in [2.24, 2.45) is 11.7 Å². The molecular weight excluding hydrogens is 234 g/mol. The third-order valence-corrected chi connectivity index (χ3v) is 3.59. The molecule has 3 N–H and O–H groups in total. The van der Waals surface area contributed by atoms with Crippen molar-refractivity contribution >= 4 is 17.2 Å². The highest BCUT2D eigenvalue weighted by Gasteiger charge is 2.07. The molecule has 5 heteroatoms. The van der Waals surface area contributed by atoms with Gasteiger partial charge >= 0.3 is 0 Å². The highest BCUT2D eigenvalue weighted by atomic mass is 32.1. The van der Waals surface area contributed by atoms with E-state index in [2.05, 4.69) is 17.2 Å². The summed E-state index contributed by atoms with van der Waals surface area (Å²) in [6.07, 6.45) is 2.46. The van der Waals surface area contributed by atoms with Gasteiger partial charge in [0.05, 0.1) is 6.54 Å². The van der Waals surface area contributed by atoms with Gasteiger partial charge in [-0.25, -0.2) is 4.98 Å². The molecule has 0 bridgehead atoms. The van der Waals surface area contributed by atoms with Crippen LogP contribution in [-0.4, -0.2) is 17.4 Å². The lowest BCUT2D eigenvalue weighted by Crippen LogP contribution is -2.23. The van der Waals surface area contributed by atoms with E-state index in [-0.39, 0.29) is 5.91 Å². The minimum Gasteiger partial charge on any atom is -0.350 e. The Morgan fingerprint density at radius 1 is 1.59 bits per heavy atom. The van der Waals surface area contributed by atoms with E-state index >= 15 is 0 Å². The number of nitrogens with two attached hydrogens (primary N) is 1. The molecule has 1 unspecified atom stereocenters. The van der Waals surface area contributed by atoms with Crippen LogP contribution in [0, 0.1) is 12.8 Å². The van der Waals surface area contributed by atoms with Gasteiger partial charge in [0, 0.05) is 17.5 Å². The van der Waals surface area contributed by atoms with Gasteiger partial charge in [0.25, 0.3) is 0 Å². The summed E-state index contributed by atoms with van der Waals surface area (Å²) in [5.74, 6) is 0.620. The van der Waals surface area contributed by atoms with Gasteiger partial charge in [0.2, 0.25) is 5.91 Å². The van der Waals surface area contributed by atoms with Crippen LogP contribution in [0.5, 0.6) is 0 Å². The lowest BCUT2D eigenvalue weighted by molar-refractivity contribution is -0.121. The van der Waals surface area contributed by atoms with Crippen molar-refractivity contribution < 1.29 is 4.79 Å².